The van der Waals surface area contributed by atoms with Crippen molar-refractivity contribution in [3.63, 3.8) is 0 Å². The van der Waals surface area contributed by atoms with Gasteiger partial charge in [0.2, 0.25) is 10.0 Å². The first-order valence-electron chi connectivity index (χ1n) is 7.41. The minimum absolute atomic E-state index is 0.250. The number of nitrogens with zero attached hydrogens (tertiary/aromatic N) is 1. The highest BCUT2D eigenvalue weighted by atomic mass is 79.9. The fourth-order valence-corrected chi connectivity index (χ4v) is 4.80. The van der Waals surface area contributed by atoms with Gasteiger partial charge in [-0.15, -0.1) is 0 Å². The van der Waals surface area contributed by atoms with Crippen molar-refractivity contribution < 1.29 is 13.2 Å². The van der Waals surface area contributed by atoms with Crippen molar-refractivity contribution in [1.29, 1.82) is 0 Å². The average molecular weight is 396 g/mol. The molecule has 0 radical (unpaired) electrons. The lowest BCUT2D eigenvalue weighted by Gasteiger charge is -2.32. The van der Waals surface area contributed by atoms with E-state index in [1.54, 1.807) is 12.1 Å². The molecule has 1 fully saturated rings. The number of sulfonamides is 1. The molecule has 0 saturated carbocycles. The van der Waals surface area contributed by atoms with Crippen molar-refractivity contribution in [1.82, 2.24) is 4.31 Å². The molecule has 1 aliphatic rings. The lowest BCUT2D eigenvalue weighted by atomic mass is 10.1. The zero-order valence-electron chi connectivity index (χ0n) is 12.8. The zero-order chi connectivity index (χ0) is 16.4. The lowest BCUT2D eigenvalue weighted by Crippen LogP contribution is -2.42. The Morgan fingerprint density at radius 1 is 1.17 bits per heavy atom. The first-order chi connectivity index (χ1) is 11.0. The second-order valence-corrected chi connectivity index (χ2v) is 8.37. The van der Waals surface area contributed by atoms with E-state index in [0.717, 1.165) is 15.6 Å². The van der Waals surface area contributed by atoms with Crippen LogP contribution in [-0.4, -0.2) is 32.4 Å². The molecule has 3 rings (SSSR count). The average Bonchev–Trinajstić information content (AvgIpc) is 2.55. The Hall–Kier alpha value is -1.21. The molecule has 0 bridgehead atoms. The van der Waals surface area contributed by atoms with Crippen LogP contribution in [0.1, 0.15) is 17.2 Å². The van der Waals surface area contributed by atoms with Crippen molar-refractivity contribution in [2.75, 3.05) is 19.7 Å². The molecule has 0 spiro atoms. The number of rotatable bonds is 3. The summed E-state index contributed by atoms with van der Waals surface area (Å²) in [6, 6.07) is 14.9. The molecule has 122 valence electrons. The third-order valence-corrected chi connectivity index (χ3v) is 6.48. The van der Waals surface area contributed by atoms with Gasteiger partial charge in [-0.25, -0.2) is 8.42 Å². The van der Waals surface area contributed by atoms with Crippen LogP contribution in [0.3, 0.4) is 0 Å². The van der Waals surface area contributed by atoms with Gasteiger partial charge in [0.25, 0.3) is 0 Å². The number of halogens is 1. The second-order valence-electron chi connectivity index (χ2n) is 5.54. The molecular formula is C17H18BrNO3S. The fraction of sp³-hybridized carbons (Fsp3) is 0.294. The standard InChI is InChI=1S/C17H18BrNO3S/c1-13-5-2-3-8-17(13)23(20,21)19-9-10-22-16(12-19)14-6-4-7-15(18)11-14/h2-8,11,16H,9-10,12H2,1H3. The number of ether oxygens (including phenoxy) is 1. The summed E-state index contributed by atoms with van der Waals surface area (Å²) in [5.41, 5.74) is 1.74. The third kappa shape index (κ3) is 3.50. The summed E-state index contributed by atoms with van der Waals surface area (Å²) in [7, 11) is -3.50. The molecule has 0 amide bonds. The minimum atomic E-state index is -3.50. The molecule has 1 aliphatic heterocycles. The molecule has 1 heterocycles. The minimum Gasteiger partial charge on any atom is -0.371 e. The summed E-state index contributed by atoms with van der Waals surface area (Å²) < 4.78 is 34.1. The zero-order valence-corrected chi connectivity index (χ0v) is 15.2. The molecule has 0 N–H and O–H groups in total. The lowest BCUT2D eigenvalue weighted by molar-refractivity contribution is -0.00259. The van der Waals surface area contributed by atoms with Crippen LogP contribution in [0.25, 0.3) is 0 Å². The van der Waals surface area contributed by atoms with Crippen LogP contribution in [0, 0.1) is 6.92 Å². The monoisotopic (exact) mass is 395 g/mol. The van der Waals surface area contributed by atoms with E-state index in [4.69, 9.17) is 4.74 Å². The summed E-state index contributed by atoms with van der Waals surface area (Å²) in [5.74, 6) is 0. The van der Waals surface area contributed by atoms with E-state index in [2.05, 4.69) is 15.9 Å². The highest BCUT2D eigenvalue weighted by Crippen LogP contribution is 2.28. The van der Waals surface area contributed by atoms with Crippen molar-refractivity contribution in [3.05, 3.63) is 64.1 Å². The van der Waals surface area contributed by atoms with Gasteiger partial charge < -0.3 is 4.74 Å². The van der Waals surface area contributed by atoms with Gasteiger partial charge in [-0.05, 0) is 36.2 Å². The van der Waals surface area contributed by atoms with E-state index >= 15 is 0 Å². The molecule has 2 aromatic rings. The molecular weight excluding hydrogens is 378 g/mol. The largest absolute Gasteiger partial charge is 0.371 e. The predicted octanol–water partition coefficient (Wildman–Crippen LogP) is 3.52. The Bertz CT molecular complexity index is 807. The van der Waals surface area contributed by atoms with E-state index in [9.17, 15) is 8.42 Å². The molecule has 1 saturated heterocycles. The van der Waals surface area contributed by atoms with Gasteiger partial charge in [-0.2, -0.15) is 4.31 Å². The number of hydrogen-bond donors (Lipinski definition) is 0. The fourth-order valence-electron chi connectivity index (χ4n) is 2.74. The van der Waals surface area contributed by atoms with E-state index in [-0.39, 0.29) is 6.10 Å². The Morgan fingerprint density at radius 3 is 2.70 bits per heavy atom. The Kier molecular flexibility index (Phi) is 4.87. The normalized spacial score (nSPS) is 19.7. The Labute approximate surface area is 145 Å². The number of hydrogen-bond acceptors (Lipinski definition) is 3. The van der Waals surface area contributed by atoms with Crippen LogP contribution in [0.5, 0.6) is 0 Å². The van der Waals surface area contributed by atoms with Crippen LogP contribution in [0.15, 0.2) is 57.9 Å². The summed E-state index contributed by atoms with van der Waals surface area (Å²) in [6.45, 7) is 2.91. The van der Waals surface area contributed by atoms with E-state index in [1.807, 2.05) is 43.3 Å². The molecule has 1 unspecified atom stereocenters. The van der Waals surface area contributed by atoms with Crippen LogP contribution in [0.2, 0.25) is 0 Å². The maximum Gasteiger partial charge on any atom is 0.243 e. The molecule has 4 nitrogen and oxygen atoms in total. The first kappa shape index (κ1) is 16.6. The maximum atomic E-state index is 12.9. The van der Waals surface area contributed by atoms with E-state index < -0.39 is 10.0 Å². The molecule has 0 aromatic heterocycles. The summed E-state index contributed by atoms with van der Waals surface area (Å²) >= 11 is 3.44. The van der Waals surface area contributed by atoms with Gasteiger partial charge in [0.15, 0.2) is 0 Å². The van der Waals surface area contributed by atoms with Gasteiger partial charge >= 0.3 is 0 Å². The molecule has 1 atom stereocenters. The van der Waals surface area contributed by atoms with Crippen LogP contribution in [0.4, 0.5) is 0 Å². The van der Waals surface area contributed by atoms with Gasteiger partial charge in [-0.1, -0.05) is 46.3 Å². The number of morpholine rings is 1. The van der Waals surface area contributed by atoms with E-state index in [1.165, 1.54) is 4.31 Å². The van der Waals surface area contributed by atoms with Crippen molar-refractivity contribution in [3.8, 4) is 0 Å². The van der Waals surface area contributed by atoms with E-state index in [0.29, 0.717) is 24.6 Å². The van der Waals surface area contributed by atoms with Crippen LogP contribution in [-0.2, 0) is 14.8 Å². The molecule has 6 heteroatoms. The third-order valence-electron chi connectivity index (χ3n) is 3.96. The quantitative estimate of drug-likeness (QED) is 0.798. The second kappa shape index (κ2) is 6.73. The first-order valence-corrected chi connectivity index (χ1v) is 9.64. The summed E-state index contributed by atoms with van der Waals surface area (Å²) in [4.78, 5) is 0.370. The molecule has 0 aliphatic carbocycles. The summed E-state index contributed by atoms with van der Waals surface area (Å²) in [6.07, 6.45) is -0.250. The topological polar surface area (TPSA) is 46.6 Å². The van der Waals surface area contributed by atoms with Crippen molar-refractivity contribution >= 4 is 26.0 Å². The molecule has 2 aromatic carbocycles. The van der Waals surface area contributed by atoms with Crippen molar-refractivity contribution in [2.24, 2.45) is 0 Å². The smallest absolute Gasteiger partial charge is 0.243 e. The van der Waals surface area contributed by atoms with Gasteiger partial charge in [0.1, 0.15) is 0 Å². The predicted molar refractivity (Wildman–Crippen MR) is 92.8 cm³/mol. The van der Waals surface area contributed by atoms with Crippen LogP contribution >= 0.6 is 15.9 Å². The Morgan fingerprint density at radius 2 is 1.96 bits per heavy atom. The number of aryl methyl sites for hydroxylation is 1. The van der Waals surface area contributed by atoms with Gasteiger partial charge in [0.05, 0.1) is 17.6 Å². The van der Waals surface area contributed by atoms with Crippen molar-refractivity contribution in [2.45, 2.75) is 17.9 Å². The Balaban J connectivity index is 1.88. The SMILES string of the molecule is Cc1ccccc1S(=O)(=O)N1CCOC(c2cccc(Br)c2)C1. The van der Waals surface area contributed by atoms with Gasteiger partial charge in [0, 0.05) is 17.6 Å². The summed E-state index contributed by atoms with van der Waals surface area (Å²) in [5, 5.41) is 0. The molecule has 23 heavy (non-hydrogen) atoms. The maximum absolute atomic E-state index is 12.9. The van der Waals surface area contributed by atoms with Crippen LogP contribution < -0.4 is 0 Å². The highest BCUT2D eigenvalue weighted by Gasteiger charge is 2.32. The number of benzene rings is 2. The van der Waals surface area contributed by atoms with Gasteiger partial charge in [-0.3, -0.25) is 0 Å². The highest BCUT2D eigenvalue weighted by molar-refractivity contribution is 9.10.